The predicted molar refractivity (Wildman–Crippen MR) is 103 cm³/mol. The van der Waals surface area contributed by atoms with Crippen LogP contribution < -0.4 is 10.1 Å². The molecule has 146 valence electrons. The van der Waals surface area contributed by atoms with Gasteiger partial charge in [-0.2, -0.15) is 5.10 Å². The van der Waals surface area contributed by atoms with Crippen molar-refractivity contribution in [2.45, 2.75) is 39.0 Å². The molecule has 2 aromatic rings. The number of amides is 2. The first-order chi connectivity index (χ1) is 13.1. The van der Waals surface area contributed by atoms with Crippen molar-refractivity contribution in [1.82, 2.24) is 20.0 Å². The van der Waals surface area contributed by atoms with E-state index in [2.05, 4.69) is 10.4 Å². The lowest BCUT2D eigenvalue weighted by molar-refractivity contribution is 0.0794. The summed E-state index contributed by atoms with van der Waals surface area (Å²) < 4.78 is 12.8. The third-order valence-corrected chi connectivity index (χ3v) is 5.03. The molecule has 0 saturated carbocycles. The van der Waals surface area contributed by atoms with Gasteiger partial charge in [0.25, 0.3) is 0 Å². The van der Waals surface area contributed by atoms with Gasteiger partial charge in [-0.15, -0.1) is 0 Å². The highest BCUT2D eigenvalue weighted by atomic mass is 16.5. The number of hydrogen-bond acceptors (Lipinski definition) is 4. The fourth-order valence-corrected chi connectivity index (χ4v) is 3.21. The van der Waals surface area contributed by atoms with Gasteiger partial charge in [-0.1, -0.05) is 12.1 Å². The van der Waals surface area contributed by atoms with E-state index in [1.165, 1.54) is 0 Å². The monoisotopic (exact) mass is 372 g/mol. The van der Waals surface area contributed by atoms with Gasteiger partial charge in [0.15, 0.2) is 0 Å². The summed E-state index contributed by atoms with van der Waals surface area (Å²) in [6.45, 7) is 4.35. The Morgan fingerprint density at radius 1 is 1.41 bits per heavy atom. The van der Waals surface area contributed by atoms with E-state index in [1.54, 1.807) is 13.3 Å². The van der Waals surface area contributed by atoms with Crippen molar-refractivity contribution < 1.29 is 14.3 Å². The molecule has 1 atom stereocenters. The van der Waals surface area contributed by atoms with Crippen LogP contribution in [0.25, 0.3) is 0 Å². The van der Waals surface area contributed by atoms with Gasteiger partial charge in [-0.25, -0.2) is 4.79 Å². The Morgan fingerprint density at radius 2 is 2.19 bits per heavy atom. The minimum atomic E-state index is -0.0930. The second kappa shape index (κ2) is 8.90. The number of methoxy groups -OCH3 is 1. The van der Waals surface area contributed by atoms with Gasteiger partial charge in [0.2, 0.25) is 0 Å². The van der Waals surface area contributed by atoms with Crippen LogP contribution in [0.1, 0.15) is 29.7 Å². The van der Waals surface area contributed by atoms with E-state index >= 15 is 0 Å². The van der Waals surface area contributed by atoms with Crippen molar-refractivity contribution >= 4 is 6.03 Å². The number of aromatic nitrogens is 2. The molecule has 1 aromatic carbocycles. The minimum absolute atomic E-state index is 0.0930. The zero-order chi connectivity index (χ0) is 19.2. The van der Waals surface area contributed by atoms with Gasteiger partial charge in [0.1, 0.15) is 5.75 Å². The zero-order valence-corrected chi connectivity index (χ0v) is 16.3. The van der Waals surface area contributed by atoms with Crippen LogP contribution in [-0.4, -0.2) is 47.1 Å². The summed E-state index contributed by atoms with van der Waals surface area (Å²) in [6.07, 6.45) is 3.95. The molecule has 2 heterocycles. The highest BCUT2D eigenvalue weighted by Gasteiger charge is 2.23. The van der Waals surface area contributed by atoms with Crippen molar-refractivity contribution in [3.63, 3.8) is 0 Å². The van der Waals surface area contributed by atoms with Gasteiger partial charge < -0.3 is 19.7 Å². The first-order valence-corrected chi connectivity index (χ1v) is 9.31. The van der Waals surface area contributed by atoms with Crippen LogP contribution in [0, 0.1) is 6.92 Å². The van der Waals surface area contributed by atoms with Gasteiger partial charge in [-0.05, 0) is 37.5 Å². The number of ether oxygens (including phenoxy) is 2. The minimum Gasteiger partial charge on any atom is -0.497 e. The third kappa shape index (κ3) is 5.01. The van der Waals surface area contributed by atoms with Crippen molar-refractivity contribution in [3.8, 4) is 5.75 Å². The SMILES string of the molecule is COc1ccc(CN(C[C@@H]2CCCO2)C(=O)NCc2cnn(C)c2C)cc1. The molecule has 0 bridgehead atoms. The number of nitrogens with zero attached hydrogens (tertiary/aromatic N) is 3. The summed E-state index contributed by atoms with van der Waals surface area (Å²) in [5, 5.41) is 7.25. The van der Waals surface area contributed by atoms with Crippen LogP contribution in [0.15, 0.2) is 30.5 Å². The summed E-state index contributed by atoms with van der Waals surface area (Å²) in [4.78, 5) is 14.7. The summed E-state index contributed by atoms with van der Waals surface area (Å²) >= 11 is 0. The maximum absolute atomic E-state index is 12.9. The molecule has 1 N–H and O–H groups in total. The number of hydrogen-bond donors (Lipinski definition) is 1. The van der Waals surface area contributed by atoms with Crippen molar-refractivity contribution in [2.24, 2.45) is 7.05 Å². The Bertz CT molecular complexity index is 751. The number of carbonyl (C=O) groups is 1. The highest BCUT2D eigenvalue weighted by molar-refractivity contribution is 5.74. The topological polar surface area (TPSA) is 68.6 Å². The zero-order valence-electron chi connectivity index (χ0n) is 16.3. The Kier molecular flexibility index (Phi) is 6.34. The average molecular weight is 372 g/mol. The van der Waals surface area contributed by atoms with Gasteiger partial charge in [-0.3, -0.25) is 4.68 Å². The van der Waals surface area contributed by atoms with E-state index in [9.17, 15) is 4.79 Å². The quantitative estimate of drug-likeness (QED) is 0.811. The van der Waals surface area contributed by atoms with Crippen LogP contribution in [0.2, 0.25) is 0 Å². The fraction of sp³-hybridized carbons (Fsp3) is 0.500. The van der Waals surface area contributed by atoms with Crippen LogP contribution in [0.4, 0.5) is 4.79 Å². The number of rotatable bonds is 7. The number of urea groups is 1. The number of carbonyl (C=O) groups excluding carboxylic acids is 1. The van der Waals surface area contributed by atoms with Crippen LogP contribution in [0.3, 0.4) is 0 Å². The summed E-state index contributed by atoms with van der Waals surface area (Å²) in [7, 11) is 3.54. The van der Waals surface area contributed by atoms with E-state index in [1.807, 2.05) is 47.8 Å². The molecule has 1 aromatic heterocycles. The Balaban J connectivity index is 1.65. The van der Waals surface area contributed by atoms with Crippen molar-refractivity contribution in [3.05, 3.63) is 47.3 Å². The molecule has 2 amide bonds. The van der Waals surface area contributed by atoms with E-state index in [0.717, 1.165) is 42.0 Å². The highest BCUT2D eigenvalue weighted by Crippen LogP contribution is 2.17. The fourth-order valence-electron chi connectivity index (χ4n) is 3.21. The van der Waals surface area contributed by atoms with Crippen molar-refractivity contribution in [2.75, 3.05) is 20.3 Å². The van der Waals surface area contributed by atoms with E-state index in [-0.39, 0.29) is 12.1 Å². The second-order valence-corrected chi connectivity index (χ2v) is 6.90. The van der Waals surface area contributed by atoms with Gasteiger partial charge >= 0.3 is 6.03 Å². The molecule has 1 fully saturated rings. The molecule has 0 aliphatic carbocycles. The standard InChI is InChI=1S/C20H28N4O3/c1-15-17(12-22-23(15)2)11-21-20(25)24(14-19-5-4-10-27-19)13-16-6-8-18(26-3)9-7-16/h6-9,12,19H,4-5,10-11,13-14H2,1-3H3,(H,21,25)/t19-/m0/s1. The summed E-state index contributed by atoms with van der Waals surface area (Å²) in [5.74, 6) is 0.806. The molecule has 7 heteroatoms. The normalized spacial score (nSPS) is 16.3. The molecule has 1 saturated heterocycles. The maximum atomic E-state index is 12.9. The Labute approximate surface area is 160 Å². The first kappa shape index (κ1) is 19.2. The molecule has 1 aliphatic heterocycles. The number of nitrogens with one attached hydrogen (secondary N) is 1. The molecule has 0 radical (unpaired) electrons. The van der Waals surface area contributed by atoms with Gasteiger partial charge in [0.05, 0.1) is 19.4 Å². The molecular weight excluding hydrogens is 344 g/mol. The molecule has 7 nitrogen and oxygen atoms in total. The number of aryl methyl sites for hydroxylation is 1. The van der Waals surface area contributed by atoms with Gasteiger partial charge in [0, 0.05) is 44.5 Å². The molecular formula is C20H28N4O3. The lowest BCUT2D eigenvalue weighted by Crippen LogP contribution is -2.43. The predicted octanol–water partition coefficient (Wildman–Crippen LogP) is 2.63. The Hall–Kier alpha value is -2.54. The molecule has 0 unspecified atom stereocenters. The average Bonchev–Trinajstić information content (AvgIpc) is 3.31. The van der Waals surface area contributed by atoms with E-state index < -0.39 is 0 Å². The van der Waals surface area contributed by atoms with Crippen LogP contribution in [0.5, 0.6) is 5.75 Å². The molecule has 27 heavy (non-hydrogen) atoms. The largest absolute Gasteiger partial charge is 0.497 e. The van der Waals surface area contributed by atoms with Crippen LogP contribution >= 0.6 is 0 Å². The molecule has 1 aliphatic rings. The third-order valence-electron chi connectivity index (χ3n) is 5.03. The van der Waals surface area contributed by atoms with E-state index in [0.29, 0.717) is 19.6 Å². The van der Waals surface area contributed by atoms with Crippen molar-refractivity contribution in [1.29, 1.82) is 0 Å². The smallest absolute Gasteiger partial charge is 0.318 e. The van der Waals surface area contributed by atoms with E-state index in [4.69, 9.17) is 9.47 Å². The maximum Gasteiger partial charge on any atom is 0.318 e. The lowest BCUT2D eigenvalue weighted by Gasteiger charge is -2.26. The first-order valence-electron chi connectivity index (χ1n) is 9.31. The molecule has 3 rings (SSSR count). The Morgan fingerprint density at radius 3 is 2.78 bits per heavy atom. The number of benzene rings is 1. The second-order valence-electron chi connectivity index (χ2n) is 6.90. The summed E-state index contributed by atoms with van der Waals surface area (Å²) in [5.41, 5.74) is 3.13. The van der Waals surface area contributed by atoms with Crippen LogP contribution in [-0.2, 0) is 24.9 Å². The summed E-state index contributed by atoms with van der Waals surface area (Å²) in [6, 6.07) is 7.71. The lowest BCUT2D eigenvalue weighted by atomic mass is 10.2. The molecule has 0 spiro atoms.